The molecule has 1 unspecified atom stereocenters. The molecule has 1 atom stereocenters. The average Bonchev–Trinajstić information content (AvgIpc) is 2.15. The van der Waals surface area contributed by atoms with Crippen LogP contribution in [-0.4, -0.2) is 12.6 Å². The molecule has 0 saturated heterocycles. The van der Waals surface area contributed by atoms with E-state index in [4.69, 9.17) is 17.3 Å². The molecule has 14 heavy (non-hydrogen) atoms. The fraction of sp³-hybridized carbons (Fsp3) is 0.455. The Labute approximate surface area is 90.4 Å². The molecule has 0 heterocycles. The van der Waals surface area contributed by atoms with Crippen LogP contribution >= 0.6 is 11.6 Å². The van der Waals surface area contributed by atoms with Gasteiger partial charge >= 0.3 is 0 Å². The maximum Gasteiger partial charge on any atom is 0.0637 e. The van der Waals surface area contributed by atoms with E-state index in [1.807, 2.05) is 31.2 Å². The first-order chi connectivity index (χ1) is 6.70. The third-order valence-electron chi connectivity index (χ3n) is 2.03. The van der Waals surface area contributed by atoms with Gasteiger partial charge in [0.2, 0.25) is 0 Å². The number of hydrogen-bond donors (Lipinski definition) is 2. The third-order valence-corrected chi connectivity index (χ3v) is 2.36. The van der Waals surface area contributed by atoms with Crippen molar-refractivity contribution in [3.8, 4) is 0 Å². The van der Waals surface area contributed by atoms with Gasteiger partial charge in [-0.1, -0.05) is 23.7 Å². The topological polar surface area (TPSA) is 38.0 Å². The molecule has 0 fully saturated rings. The Bertz CT molecular complexity index is 274. The van der Waals surface area contributed by atoms with Gasteiger partial charge in [-0.2, -0.15) is 0 Å². The smallest absolute Gasteiger partial charge is 0.0637 e. The van der Waals surface area contributed by atoms with E-state index in [2.05, 4.69) is 5.32 Å². The molecule has 1 rings (SSSR count). The number of rotatable bonds is 5. The lowest BCUT2D eigenvalue weighted by atomic mass is 10.2. The Morgan fingerprint density at radius 2 is 2.14 bits per heavy atom. The molecule has 1 aromatic carbocycles. The summed E-state index contributed by atoms with van der Waals surface area (Å²) in [6, 6.07) is 8.04. The van der Waals surface area contributed by atoms with E-state index >= 15 is 0 Å². The molecular weight excluding hydrogens is 196 g/mol. The molecular formula is C11H17ClN2. The van der Waals surface area contributed by atoms with Crippen molar-refractivity contribution in [2.75, 3.05) is 11.9 Å². The lowest BCUT2D eigenvalue weighted by Crippen LogP contribution is -2.16. The van der Waals surface area contributed by atoms with Gasteiger partial charge in [-0.3, -0.25) is 0 Å². The van der Waals surface area contributed by atoms with Crippen LogP contribution in [0.3, 0.4) is 0 Å². The van der Waals surface area contributed by atoms with Crippen LogP contribution in [0.15, 0.2) is 24.3 Å². The summed E-state index contributed by atoms with van der Waals surface area (Å²) in [5, 5.41) is 4.05. The van der Waals surface area contributed by atoms with Gasteiger partial charge in [0.05, 0.1) is 10.7 Å². The van der Waals surface area contributed by atoms with E-state index in [1.54, 1.807) is 0 Å². The van der Waals surface area contributed by atoms with E-state index in [9.17, 15) is 0 Å². The van der Waals surface area contributed by atoms with Gasteiger partial charge in [0.1, 0.15) is 0 Å². The first-order valence-corrected chi connectivity index (χ1v) is 5.32. The summed E-state index contributed by atoms with van der Waals surface area (Å²) in [6.07, 6.45) is 2.11. The molecule has 2 nitrogen and oxygen atoms in total. The van der Waals surface area contributed by atoms with Gasteiger partial charge in [0, 0.05) is 12.6 Å². The van der Waals surface area contributed by atoms with Crippen LogP contribution in [0.4, 0.5) is 5.69 Å². The Kier molecular flexibility index (Phi) is 4.77. The minimum Gasteiger partial charge on any atom is -0.384 e. The second-order valence-corrected chi connectivity index (χ2v) is 3.93. The maximum absolute atomic E-state index is 5.98. The lowest BCUT2D eigenvalue weighted by Gasteiger charge is -2.08. The highest BCUT2D eigenvalue weighted by molar-refractivity contribution is 6.33. The molecule has 1 aromatic rings. The molecule has 0 radical (unpaired) electrons. The van der Waals surface area contributed by atoms with Crippen molar-refractivity contribution in [2.45, 2.75) is 25.8 Å². The predicted octanol–water partition coefficient (Wildman–Crippen LogP) is 2.88. The zero-order valence-corrected chi connectivity index (χ0v) is 9.22. The summed E-state index contributed by atoms with van der Waals surface area (Å²) in [5.41, 5.74) is 6.65. The number of anilines is 1. The molecule has 3 N–H and O–H groups in total. The summed E-state index contributed by atoms with van der Waals surface area (Å²) in [5.74, 6) is 0. The van der Waals surface area contributed by atoms with E-state index in [1.165, 1.54) is 0 Å². The summed E-state index contributed by atoms with van der Waals surface area (Å²) in [7, 11) is 0. The zero-order chi connectivity index (χ0) is 10.4. The number of benzene rings is 1. The van der Waals surface area contributed by atoms with Gasteiger partial charge in [0.25, 0.3) is 0 Å². The average molecular weight is 213 g/mol. The SMILES string of the molecule is CC(N)CCCNc1ccccc1Cl. The molecule has 0 spiro atoms. The first-order valence-electron chi connectivity index (χ1n) is 4.94. The number of para-hydroxylation sites is 1. The monoisotopic (exact) mass is 212 g/mol. The molecule has 0 amide bonds. The largest absolute Gasteiger partial charge is 0.384 e. The lowest BCUT2D eigenvalue weighted by molar-refractivity contribution is 0.639. The number of nitrogens with two attached hydrogens (primary N) is 1. The Morgan fingerprint density at radius 1 is 1.43 bits per heavy atom. The molecule has 0 saturated carbocycles. The molecule has 3 heteroatoms. The van der Waals surface area contributed by atoms with Gasteiger partial charge < -0.3 is 11.1 Å². The van der Waals surface area contributed by atoms with E-state index in [-0.39, 0.29) is 6.04 Å². The molecule has 0 bridgehead atoms. The summed E-state index contributed by atoms with van der Waals surface area (Å²) < 4.78 is 0. The van der Waals surface area contributed by atoms with Crippen molar-refractivity contribution in [2.24, 2.45) is 5.73 Å². The van der Waals surface area contributed by atoms with Gasteiger partial charge in [-0.25, -0.2) is 0 Å². The highest BCUT2D eigenvalue weighted by Gasteiger charge is 1.97. The van der Waals surface area contributed by atoms with Gasteiger partial charge in [-0.05, 0) is 31.9 Å². The Morgan fingerprint density at radius 3 is 2.79 bits per heavy atom. The van der Waals surface area contributed by atoms with Crippen molar-refractivity contribution >= 4 is 17.3 Å². The van der Waals surface area contributed by atoms with Crippen molar-refractivity contribution in [3.63, 3.8) is 0 Å². The van der Waals surface area contributed by atoms with Crippen molar-refractivity contribution in [1.82, 2.24) is 0 Å². The second-order valence-electron chi connectivity index (χ2n) is 3.53. The minimum absolute atomic E-state index is 0.281. The van der Waals surface area contributed by atoms with Gasteiger partial charge in [0.15, 0.2) is 0 Å². The normalized spacial score (nSPS) is 12.5. The van der Waals surface area contributed by atoms with Crippen LogP contribution < -0.4 is 11.1 Å². The number of halogens is 1. The molecule has 0 aliphatic rings. The van der Waals surface area contributed by atoms with Crippen LogP contribution in [0.1, 0.15) is 19.8 Å². The summed E-state index contributed by atoms with van der Waals surface area (Å²) in [4.78, 5) is 0. The van der Waals surface area contributed by atoms with Crippen LogP contribution in [0.5, 0.6) is 0 Å². The van der Waals surface area contributed by atoms with E-state index < -0.39 is 0 Å². The van der Waals surface area contributed by atoms with Crippen LogP contribution in [-0.2, 0) is 0 Å². The minimum atomic E-state index is 0.281. The molecule has 78 valence electrons. The molecule has 0 aliphatic heterocycles. The predicted molar refractivity (Wildman–Crippen MR) is 62.8 cm³/mol. The Hall–Kier alpha value is -0.730. The second kappa shape index (κ2) is 5.89. The van der Waals surface area contributed by atoms with Crippen molar-refractivity contribution < 1.29 is 0 Å². The van der Waals surface area contributed by atoms with Crippen molar-refractivity contribution in [1.29, 1.82) is 0 Å². The van der Waals surface area contributed by atoms with Crippen LogP contribution in [0.25, 0.3) is 0 Å². The standard InChI is InChI=1S/C11H17ClN2/c1-9(13)5-4-8-14-11-7-3-2-6-10(11)12/h2-3,6-7,9,14H,4-5,8,13H2,1H3. The summed E-state index contributed by atoms with van der Waals surface area (Å²) in [6.45, 7) is 2.95. The quantitative estimate of drug-likeness (QED) is 0.737. The highest BCUT2D eigenvalue weighted by atomic mass is 35.5. The molecule has 0 aromatic heterocycles. The third kappa shape index (κ3) is 3.99. The maximum atomic E-state index is 5.98. The Balaban J connectivity index is 2.28. The first kappa shape index (κ1) is 11.3. The van der Waals surface area contributed by atoms with Crippen LogP contribution in [0, 0.1) is 0 Å². The van der Waals surface area contributed by atoms with E-state index in [0.29, 0.717) is 0 Å². The number of hydrogen-bond acceptors (Lipinski definition) is 2. The number of nitrogens with one attached hydrogen (secondary N) is 1. The zero-order valence-electron chi connectivity index (χ0n) is 8.46. The fourth-order valence-corrected chi connectivity index (χ4v) is 1.45. The highest BCUT2D eigenvalue weighted by Crippen LogP contribution is 2.20. The van der Waals surface area contributed by atoms with Gasteiger partial charge in [-0.15, -0.1) is 0 Å². The van der Waals surface area contributed by atoms with E-state index in [0.717, 1.165) is 30.1 Å². The molecule has 0 aliphatic carbocycles. The fourth-order valence-electron chi connectivity index (χ4n) is 1.25. The van der Waals surface area contributed by atoms with Crippen LogP contribution in [0.2, 0.25) is 5.02 Å². The summed E-state index contributed by atoms with van der Waals surface area (Å²) >= 11 is 5.98. The van der Waals surface area contributed by atoms with Crippen molar-refractivity contribution in [3.05, 3.63) is 29.3 Å².